The molecule has 0 saturated carbocycles. The topological polar surface area (TPSA) is 77.0 Å². The van der Waals surface area contributed by atoms with E-state index >= 15 is 0 Å². The lowest BCUT2D eigenvalue weighted by atomic mass is 10.3. The zero-order chi connectivity index (χ0) is 12.8. The Kier molecular flexibility index (Phi) is 5.27. The van der Waals surface area contributed by atoms with Crippen molar-refractivity contribution in [2.24, 2.45) is 0 Å². The molecule has 1 aromatic rings. The Morgan fingerprint density at radius 3 is 2.88 bits per heavy atom. The van der Waals surface area contributed by atoms with E-state index in [2.05, 4.69) is 14.9 Å². The number of carbonyl (C=O) groups is 1. The first-order valence-electron chi connectivity index (χ1n) is 5.42. The van der Waals surface area contributed by atoms with Gasteiger partial charge in [-0.3, -0.25) is 9.36 Å². The van der Waals surface area contributed by atoms with Crippen LogP contribution in [0.3, 0.4) is 0 Å². The molecule has 0 atom stereocenters. The highest BCUT2D eigenvalue weighted by Gasteiger charge is 2.11. The largest absolute Gasteiger partial charge is 0.469 e. The first kappa shape index (κ1) is 13.8. The number of methoxy groups -OCH3 is 1. The number of thioether (sulfide) groups is 1. The molecule has 1 aromatic heterocycles. The molecule has 0 aliphatic heterocycles. The van der Waals surface area contributed by atoms with E-state index in [9.17, 15) is 9.59 Å². The number of hydrogen-bond acceptors (Lipinski definition) is 5. The number of hydrogen-bond donors (Lipinski definition) is 1. The van der Waals surface area contributed by atoms with Crippen molar-refractivity contribution in [3.8, 4) is 0 Å². The van der Waals surface area contributed by atoms with E-state index in [4.69, 9.17) is 0 Å². The van der Waals surface area contributed by atoms with Crippen molar-refractivity contribution in [3.63, 3.8) is 0 Å². The molecule has 0 radical (unpaired) electrons. The van der Waals surface area contributed by atoms with Crippen LogP contribution in [0.5, 0.6) is 0 Å². The molecule has 0 unspecified atom stereocenters. The van der Waals surface area contributed by atoms with Crippen LogP contribution in [0.1, 0.15) is 32.7 Å². The maximum atomic E-state index is 11.4. The minimum Gasteiger partial charge on any atom is -0.469 e. The predicted molar refractivity (Wildman–Crippen MR) is 65.2 cm³/mol. The summed E-state index contributed by atoms with van der Waals surface area (Å²) in [5, 5.41) is 7.03. The number of esters is 1. The van der Waals surface area contributed by atoms with Crippen molar-refractivity contribution in [3.05, 3.63) is 10.5 Å². The van der Waals surface area contributed by atoms with Gasteiger partial charge in [0.25, 0.3) is 0 Å². The molecule has 1 heterocycles. The fourth-order valence-corrected chi connectivity index (χ4v) is 2.34. The van der Waals surface area contributed by atoms with Crippen LogP contribution in [0.15, 0.2) is 9.95 Å². The summed E-state index contributed by atoms with van der Waals surface area (Å²) in [5.74, 6) is 0.514. The second-order valence-electron chi connectivity index (χ2n) is 3.80. The molecule has 0 amide bonds. The molecular formula is C10H17N3O3S. The van der Waals surface area contributed by atoms with Crippen LogP contribution in [-0.4, -0.2) is 33.6 Å². The normalized spacial score (nSPS) is 10.8. The van der Waals surface area contributed by atoms with Gasteiger partial charge in [-0.1, -0.05) is 11.8 Å². The summed E-state index contributed by atoms with van der Waals surface area (Å²) in [6.07, 6.45) is 1.09. The van der Waals surface area contributed by atoms with Crippen molar-refractivity contribution >= 4 is 17.7 Å². The van der Waals surface area contributed by atoms with E-state index in [1.165, 1.54) is 18.9 Å². The van der Waals surface area contributed by atoms with Crippen molar-refractivity contribution in [1.29, 1.82) is 0 Å². The average molecular weight is 259 g/mol. The first-order chi connectivity index (χ1) is 8.06. The van der Waals surface area contributed by atoms with Gasteiger partial charge >= 0.3 is 11.7 Å². The van der Waals surface area contributed by atoms with E-state index in [1.807, 2.05) is 13.8 Å². The third-order valence-corrected chi connectivity index (χ3v) is 3.21. The Bertz CT molecular complexity index is 425. The Hall–Kier alpha value is -1.24. The number of ether oxygens (including phenoxy) is 1. The summed E-state index contributed by atoms with van der Waals surface area (Å²) in [6.45, 7) is 3.85. The van der Waals surface area contributed by atoms with E-state index < -0.39 is 0 Å². The lowest BCUT2D eigenvalue weighted by Gasteiger charge is -2.07. The Morgan fingerprint density at radius 1 is 1.59 bits per heavy atom. The SMILES string of the molecule is COC(=O)CCCSc1n[nH]c(=O)n1C(C)C. The zero-order valence-electron chi connectivity index (χ0n) is 10.2. The van der Waals surface area contributed by atoms with Gasteiger partial charge in [-0.25, -0.2) is 9.89 Å². The monoisotopic (exact) mass is 259 g/mol. The number of nitrogens with one attached hydrogen (secondary N) is 1. The molecule has 0 bridgehead atoms. The average Bonchev–Trinajstić information content (AvgIpc) is 2.65. The Balaban J connectivity index is 2.47. The van der Waals surface area contributed by atoms with Crippen LogP contribution in [0.4, 0.5) is 0 Å². The third kappa shape index (κ3) is 3.92. The van der Waals surface area contributed by atoms with Gasteiger partial charge in [0.15, 0.2) is 5.16 Å². The molecular weight excluding hydrogens is 242 g/mol. The summed E-state index contributed by atoms with van der Waals surface area (Å²) in [6, 6.07) is 0.0735. The van der Waals surface area contributed by atoms with Crippen molar-refractivity contribution in [2.45, 2.75) is 37.9 Å². The molecule has 7 heteroatoms. The van der Waals surface area contributed by atoms with Gasteiger partial charge < -0.3 is 4.74 Å². The molecule has 1 N–H and O–H groups in total. The highest BCUT2D eigenvalue weighted by molar-refractivity contribution is 7.99. The fraction of sp³-hybridized carbons (Fsp3) is 0.700. The van der Waals surface area contributed by atoms with Crippen LogP contribution in [0.2, 0.25) is 0 Å². The molecule has 0 spiro atoms. The third-order valence-electron chi connectivity index (χ3n) is 2.17. The van der Waals surface area contributed by atoms with Crippen LogP contribution in [-0.2, 0) is 9.53 Å². The molecule has 0 aliphatic carbocycles. The Labute approximate surface area is 104 Å². The lowest BCUT2D eigenvalue weighted by Crippen LogP contribution is -2.19. The van der Waals surface area contributed by atoms with Gasteiger partial charge in [-0.05, 0) is 20.3 Å². The van der Waals surface area contributed by atoms with Gasteiger partial charge in [-0.2, -0.15) is 0 Å². The summed E-state index contributed by atoms with van der Waals surface area (Å²) in [7, 11) is 1.37. The summed E-state index contributed by atoms with van der Waals surface area (Å²) >= 11 is 1.46. The van der Waals surface area contributed by atoms with Crippen LogP contribution < -0.4 is 5.69 Å². The number of rotatable bonds is 6. The zero-order valence-corrected chi connectivity index (χ0v) is 11.0. The molecule has 0 aliphatic rings. The Morgan fingerprint density at radius 2 is 2.29 bits per heavy atom. The minimum absolute atomic E-state index is 0.0735. The van der Waals surface area contributed by atoms with Crippen molar-refractivity contribution in [1.82, 2.24) is 14.8 Å². The molecule has 17 heavy (non-hydrogen) atoms. The fourth-order valence-electron chi connectivity index (χ4n) is 1.33. The second-order valence-corrected chi connectivity index (χ2v) is 4.87. The molecule has 6 nitrogen and oxygen atoms in total. The molecule has 0 aromatic carbocycles. The van der Waals surface area contributed by atoms with E-state index in [0.717, 1.165) is 5.75 Å². The van der Waals surface area contributed by atoms with E-state index in [0.29, 0.717) is 18.0 Å². The number of nitrogens with zero attached hydrogens (tertiary/aromatic N) is 2. The summed E-state index contributed by atoms with van der Waals surface area (Å²) in [5.41, 5.74) is -0.199. The maximum absolute atomic E-state index is 11.4. The number of H-pyrrole nitrogens is 1. The number of carbonyl (C=O) groups excluding carboxylic acids is 1. The standard InChI is InChI=1S/C10H17N3O3S/c1-7(2)13-9(15)11-12-10(13)17-6-4-5-8(14)16-3/h7H,4-6H2,1-3H3,(H,11,15). The van der Waals surface area contributed by atoms with Gasteiger partial charge in [-0.15, -0.1) is 5.10 Å². The first-order valence-corrected chi connectivity index (χ1v) is 6.41. The highest BCUT2D eigenvalue weighted by Crippen LogP contribution is 2.18. The van der Waals surface area contributed by atoms with Gasteiger partial charge in [0.1, 0.15) is 0 Å². The molecule has 0 fully saturated rings. The van der Waals surface area contributed by atoms with Gasteiger partial charge in [0.2, 0.25) is 0 Å². The van der Waals surface area contributed by atoms with E-state index in [1.54, 1.807) is 4.57 Å². The maximum Gasteiger partial charge on any atom is 0.344 e. The van der Waals surface area contributed by atoms with Crippen LogP contribution >= 0.6 is 11.8 Å². The molecule has 1 rings (SSSR count). The minimum atomic E-state index is -0.214. The van der Waals surface area contributed by atoms with E-state index in [-0.39, 0.29) is 17.7 Å². The number of aromatic nitrogens is 3. The second kappa shape index (κ2) is 6.48. The van der Waals surface area contributed by atoms with Crippen molar-refractivity contribution in [2.75, 3.05) is 12.9 Å². The van der Waals surface area contributed by atoms with Gasteiger partial charge in [0.05, 0.1) is 7.11 Å². The molecule has 0 saturated heterocycles. The quantitative estimate of drug-likeness (QED) is 0.472. The predicted octanol–water partition coefficient (Wildman–Crippen LogP) is 1.20. The van der Waals surface area contributed by atoms with Crippen LogP contribution in [0.25, 0.3) is 0 Å². The van der Waals surface area contributed by atoms with Crippen LogP contribution in [0, 0.1) is 0 Å². The lowest BCUT2D eigenvalue weighted by molar-refractivity contribution is -0.140. The highest BCUT2D eigenvalue weighted by atomic mass is 32.2. The molecule has 96 valence electrons. The summed E-state index contributed by atoms with van der Waals surface area (Å²) < 4.78 is 6.14. The van der Waals surface area contributed by atoms with Crippen molar-refractivity contribution < 1.29 is 9.53 Å². The number of aromatic amines is 1. The summed E-state index contributed by atoms with van der Waals surface area (Å²) in [4.78, 5) is 22.3. The van der Waals surface area contributed by atoms with Gasteiger partial charge in [0, 0.05) is 18.2 Å². The smallest absolute Gasteiger partial charge is 0.344 e.